The van der Waals surface area contributed by atoms with Crippen molar-refractivity contribution in [3.63, 3.8) is 0 Å². The van der Waals surface area contributed by atoms with Crippen LogP contribution < -0.4 is 5.32 Å². The quantitative estimate of drug-likeness (QED) is 0.869. The SMILES string of the molecule is Cc1ccc(F)cc1CNC1CC2CCC1O2. The molecule has 0 spiro atoms. The summed E-state index contributed by atoms with van der Waals surface area (Å²) in [6, 6.07) is 5.43. The highest BCUT2D eigenvalue weighted by Crippen LogP contribution is 2.34. The second kappa shape index (κ2) is 4.39. The first kappa shape index (κ1) is 11.2. The number of halogens is 1. The molecule has 2 nitrogen and oxygen atoms in total. The van der Waals surface area contributed by atoms with Crippen LogP contribution in [0.2, 0.25) is 0 Å². The molecule has 92 valence electrons. The summed E-state index contributed by atoms with van der Waals surface area (Å²) in [4.78, 5) is 0. The van der Waals surface area contributed by atoms with Crippen LogP contribution in [0.25, 0.3) is 0 Å². The zero-order chi connectivity index (χ0) is 11.8. The smallest absolute Gasteiger partial charge is 0.123 e. The van der Waals surface area contributed by atoms with E-state index in [9.17, 15) is 4.39 Å². The lowest BCUT2D eigenvalue weighted by Gasteiger charge is -2.20. The minimum absolute atomic E-state index is 0.156. The molecule has 0 aliphatic carbocycles. The molecule has 0 aromatic heterocycles. The fourth-order valence-corrected chi connectivity index (χ4v) is 2.92. The lowest BCUT2D eigenvalue weighted by molar-refractivity contribution is 0.0973. The van der Waals surface area contributed by atoms with Crippen LogP contribution in [0.3, 0.4) is 0 Å². The van der Waals surface area contributed by atoms with Crippen molar-refractivity contribution in [2.24, 2.45) is 0 Å². The first-order valence-corrected chi connectivity index (χ1v) is 6.36. The predicted molar refractivity (Wildman–Crippen MR) is 64.3 cm³/mol. The maximum Gasteiger partial charge on any atom is 0.123 e. The van der Waals surface area contributed by atoms with Crippen molar-refractivity contribution in [2.45, 2.75) is 51.0 Å². The summed E-state index contributed by atoms with van der Waals surface area (Å²) in [6.07, 6.45) is 4.34. The van der Waals surface area contributed by atoms with E-state index in [0.717, 1.165) is 24.1 Å². The van der Waals surface area contributed by atoms with Crippen molar-refractivity contribution in [3.05, 3.63) is 35.1 Å². The van der Waals surface area contributed by atoms with E-state index in [4.69, 9.17) is 4.74 Å². The third kappa shape index (κ3) is 2.22. The summed E-state index contributed by atoms with van der Waals surface area (Å²) < 4.78 is 18.9. The van der Waals surface area contributed by atoms with Gasteiger partial charge in [0, 0.05) is 12.6 Å². The van der Waals surface area contributed by atoms with Gasteiger partial charge in [-0.3, -0.25) is 0 Å². The maximum atomic E-state index is 13.1. The van der Waals surface area contributed by atoms with Crippen molar-refractivity contribution in [1.29, 1.82) is 0 Å². The molecule has 1 N–H and O–H groups in total. The molecular formula is C14H18FNO. The summed E-state index contributed by atoms with van der Waals surface area (Å²) in [6.45, 7) is 2.76. The van der Waals surface area contributed by atoms with E-state index in [1.165, 1.54) is 18.9 Å². The molecule has 1 aromatic carbocycles. The Bertz CT molecular complexity index is 421. The number of benzene rings is 1. The highest BCUT2D eigenvalue weighted by molar-refractivity contribution is 5.26. The van der Waals surface area contributed by atoms with Crippen molar-refractivity contribution in [3.8, 4) is 0 Å². The molecule has 3 rings (SSSR count). The molecule has 2 aliphatic rings. The van der Waals surface area contributed by atoms with E-state index in [2.05, 4.69) is 5.32 Å². The van der Waals surface area contributed by atoms with Gasteiger partial charge < -0.3 is 10.1 Å². The van der Waals surface area contributed by atoms with Gasteiger partial charge in [-0.1, -0.05) is 6.07 Å². The Labute approximate surface area is 101 Å². The van der Waals surface area contributed by atoms with Crippen molar-refractivity contribution in [1.82, 2.24) is 5.32 Å². The Balaban J connectivity index is 1.62. The number of aryl methyl sites for hydroxylation is 1. The van der Waals surface area contributed by atoms with Crippen molar-refractivity contribution >= 4 is 0 Å². The van der Waals surface area contributed by atoms with Crippen molar-refractivity contribution < 1.29 is 9.13 Å². The largest absolute Gasteiger partial charge is 0.373 e. The molecule has 0 amide bonds. The zero-order valence-electron chi connectivity index (χ0n) is 10.1. The molecule has 17 heavy (non-hydrogen) atoms. The van der Waals surface area contributed by atoms with Crippen LogP contribution in [0.5, 0.6) is 0 Å². The van der Waals surface area contributed by atoms with Crippen LogP contribution in [-0.4, -0.2) is 18.2 Å². The molecule has 2 aliphatic heterocycles. The molecule has 2 bridgehead atoms. The van der Waals surface area contributed by atoms with Gasteiger partial charge in [-0.05, 0) is 49.4 Å². The zero-order valence-corrected chi connectivity index (χ0v) is 10.1. The lowest BCUT2D eigenvalue weighted by atomic mass is 9.95. The highest BCUT2D eigenvalue weighted by Gasteiger charge is 2.40. The van der Waals surface area contributed by atoms with Gasteiger partial charge in [-0.25, -0.2) is 4.39 Å². The Morgan fingerprint density at radius 2 is 2.29 bits per heavy atom. The summed E-state index contributed by atoms with van der Waals surface area (Å²) >= 11 is 0. The first-order valence-electron chi connectivity index (χ1n) is 6.36. The number of ether oxygens (including phenoxy) is 1. The van der Waals surface area contributed by atoms with E-state index >= 15 is 0 Å². The summed E-state index contributed by atoms with van der Waals surface area (Å²) in [7, 11) is 0. The monoisotopic (exact) mass is 235 g/mol. The molecule has 2 saturated heterocycles. The van der Waals surface area contributed by atoms with Gasteiger partial charge in [0.1, 0.15) is 5.82 Å². The minimum Gasteiger partial charge on any atom is -0.373 e. The average Bonchev–Trinajstić information content (AvgIpc) is 2.92. The second-order valence-corrected chi connectivity index (χ2v) is 5.17. The average molecular weight is 235 g/mol. The lowest BCUT2D eigenvalue weighted by Crippen LogP contribution is -2.37. The van der Waals surface area contributed by atoms with Crippen LogP contribution in [0, 0.1) is 12.7 Å². The third-order valence-electron chi connectivity index (χ3n) is 3.97. The molecule has 0 saturated carbocycles. The Kier molecular flexibility index (Phi) is 2.89. The molecule has 3 heteroatoms. The molecule has 2 heterocycles. The number of hydrogen-bond acceptors (Lipinski definition) is 2. The standard InChI is InChI=1S/C14H18FNO/c1-9-2-3-11(15)6-10(9)8-16-13-7-12-4-5-14(13)17-12/h2-3,6,12-14,16H,4-5,7-8H2,1H3. The third-order valence-corrected chi connectivity index (χ3v) is 3.97. The number of hydrogen-bond donors (Lipinski definition) is 1. The maximum absolute atomic E-state index is 13.1. The summed E-state index contributed by atoms with van der Waals surface area (Å²) in [5, 5.41) is 3.51. The second-order valence-electron chi connectivity index (χ2n) is 5.17. The molecule has 2 fully saturated rings. The first-order chi connectivity index (χ1) is 8.22. The summed E-state index contributed by atoms with van der Waals surface area (Å²) in [5.74, 6) is -0.156. The van der Waals surface area contributed by atoms with Gasteiger partial charge in [-0.2, -0.15) is 0 Å². The molecule has 3 atom stereocenters. The van der Waals surface area contributed by atoms with Gasteiger partial charge in [0.15, 0.2) is 0 Å². The fourth-order valence-electron chi connectivity index (χ4n) is 2.92. The van der Waals surface area contributed by atoms with Gasteiger partial charge in [0.05, 0.1) is 12.2 Å². The Morgan fingerprint density at radius 3 is 3.00 bits per heavy atom. The highest BCUT2D eigenvalue weighted by atomic mass is 19.1. The Morgan fingerprint density at radius 1 is 1.41 bits per heavy atom. The van der Waals surface area contributed by atoms with Gasteiger partial charge in [0.2, 0.25) is 0 Å². The van der Waals surface area contributed by atoms with Crippen LogP contribution >= 0.6 is 0 Å². The molecule has 3 unspecified atom stereocenters. The fraction of sp³-hybridized carbons (Fsp3) is 0.571. The van der Waals surface area contributed by atoms with Crippen LogP contribution in [-0.2, 0) is 11.3 Å². The molecule has 0 radical (unpaired) electrons. The van der Waals surface area contributed by atoms with Gasteiger partial charge in [-0.15, -0.1) is 0 Å². The van der Waals surface area contributed by atoms with Crippen LogP contribution in [0.4, 0.5) is 4.39 Å². The van der Waals surface area contributed by atoms with Gasteiger partial charge >= 0.3 is 0 Å². The Hall–Kier alpha value is -0.930. The van der Waals surface area contributed by atoms with E-state index in [1.54, 1.807) is 6.07 Å². The number of nitrogens with one attached hydrogen (secondary N) is 1. The van der Waals surface area contributed by atoms with Crippen LogP contribution in [0.1, 0.15) is 30.4 Å². The molecular weight excluding hydrogens is 217 g/mol. The molecule has 1 aromatic rings. The van der Waals surface area contributed by atoms with E-state index < -0.39 is 0 Å². The number of rotatable bonds is 3. The van der Waals surface area contributed by atoms with E-state index in [1.807, 2.05) is 13.0 Å². The van der Waals surface area contributed by atoms with E-state index in [-0.39, 0.29) is 5.82 Å². The minimum atomic E-state index is -0.156. The normalized spacial score (nSPS) is 31.1. The van der Waals surface area contributed by atoms with E-state index in [0.29, 0.717) is 18.2 Å². The van der Waals surface area contributed by atoms with Gasteiger partial charge in [0.25, 0.3) is 0 Å². The van der Waals surface area contributed by atoms with Crippen LogP contribution in [0.15, 0.2) is 18.2 Å². The summed E-state index contributed by atoms with van der Waals surface area (Å²) in [5.41, 5.74) is 2.19. The van der Waals surface area contributed by atoms with Crippen molar-refractivity contribution in [2.75, 3.05) is 0 Å². The number of fused-ring (bicyclic) bond motifs is 2. The topological polar surface area (TPSA) is 21.3 Å². The predicted octanol–water partition coefficient (Wildman–Crippen LogP) is 2.54.